The van der Waals surface area contributed by atoms with Crippen LogP contribution in [0.3, 0.4) is 0 Å². The van der Waals surface area contributed by atoms with E-state index in [2.05, 4.69) is 0 Å². The zero-order valence-corrected chi connectivity index (χ0v) is 7.82. The van der Waals surface area contributed by atoms with E-state index in [0.29, 0.717) is 19.3 Å². The van der Waals surface area contributed by atoms with Gasteiger partial charge in [-0.25, -0.2) is 0 Å². The summed E-state index contributed by atoms with van der Waals surface area (Å²) < 4.78 is 29.6. The molecule has 0 saturated carbocycles. The molecule has 5 heteroatoms. The fourth-order valence-corrected chi connectivity index (χ4v) is 1.46. The van der Waals surface area contributed by atoms with Crippen molar-refractivity contribution in [2.24, 2.45) is 5.41 Å². The second kappa shape index (κ2) is 3.88. The Morgan fingerprint density at radius 2 is 2.31 bits per heavy atom. The van der Waals surface area contributed by atoms with Gasteiger partial charge in [-0.1, -0.05) is 0 Å². The molecule has 0 spiro atoms. The molecule has 0 aromatic rings. The Morgan fingerprint density at radius 3 is 2.69 bits per heavy atom. The van der Waals surface area contributed by atoms with Crippen molar-refractivity contribution >= 4 is 17.9 Å². The molecule has 1 atom stereocenters. The van der Waals surface area contributed by atoms with Crippen LogP contribution >= 0.6 is 11.6 Å². The molecular weight excluding hydrogens is 202 g/mol. The largest absolute Gasteiger partial charge is 0.380 e. The predicted octanol–water partition coefficient (Wildman–Crippen LogP) is 2.20. The lowest BCUT2D eigenvalue weighted by Gasteiger charge is -2.20. The summed E-state index contributed by atoms with van der Waals surface area (Å²) in [6.45, 7) is 0.704. The number of alkyl halides is 3. The van der Waals surface area contributed by atoms with Crippen molar-refractivity contribution in [1.29, 1.82) is 0 Å². The first-order chi connectivity index (χ1) is 5.97. The molecule has 0 N–H and O–H groups in total. The maximum Gasteiger partial charge on any atom is 0.321 e. The minimum atomic E-state index is -3.21. The van der Waals surface area contributed by atoms with E-state index in [1.165, 1.54) is 0 Å². The van der Waals surface area contributed by atoms with Crippen LogP contribution in [0.4, 0.5) is 8.78 Å². The lowest BCUT2D eigenvalue weighted by Crippen LogP contribution is -2.25. The Morgan fingerprint density at radius 1 is 1.62 bits per heavy atom. The molecule has 1 heterocycles. The number of halogens is 3. The van der Waals surface area contributed by atoms with E-state index in [0.717, 1.165) is 0 Å². The highest BCUT2D eigenvalue weighted by atomic mass is 35.5. The van der Waals surface area contributed by atoms with E-state index in [1.54, 1.807) is 0 Å². The van der Waals surface area contributed by atoms with Crippen molar-refractivity contribution < 1.29 is 18.3 Å². The second-order valence-electron chi connectivity index (χ2n) is 3.40. The van der Waals surface area contributed by atoms with Crippen LogP contribution in [0.15, 0.2) is 0 Å². The fourth-order valence-electron chi connectivity index (χ4n) is 1.36. The van der Waals surface area contributed by atoms with Crippen molar-refractivity contribution in [3.63, 3.8) is 0 Å². The number of aldehydes is 1. The third-order valence-electron chi connectivity index (χ3n) is 2.29. The molecule has 0 radical (unpaired) electrons. The molecule has 76 valence electrons. The van der Waals surface area contributed by atoms with Gasteiger partial charge < -0.3 is 9.53 Å². The average Bonchev–Trinajstić information content (AvgIpc) is 2.49. The summed E-state index contributed by atoms with van der Waals surface area (Å²) in [5, 5.41) is -3.21. The van der Waals surface area contributed by atoms with Crippen LogP contribution in [0.25, 0.3) is 0 Å². The molecule has 1 saturated heterocycles. The number of ether oxygens (including phenoxy) is 1. The molecule has 1 aliphatic rings. The second-order valence-corrected chi connectivity index (χ2v) is 3.95. The molecule has 1 fully saturated rings. The standard InChI is InChI=1S/C8H11ClF2O2/c9-8(10,11)2-1-7(5-12)3-4-13-6-7/h5H,1-4,6H2. The molecule has 0 aromatic heterocycles. The van der Waals surface area contributed by atoms with Gasteiger partial charge in [-0.2, -0.15) is 8.78 Å². The fraction of sp³-hybridized carbons (Fsp3) is 0.875. The molecule has 1 unspecified atom stereocenters. The summed E-state index contributed by atoms with van der Waals surface area (Å²) >= 11 is 4.74. The summed E-state index contributed by atoms with van der Waals surface area (Å²) in [6, 6.07) is 0. The Kier molecular flexibility index (Phi) is 3.24. The van der Waals surface area contributed by atoms with Crippen molar-refractivity contribution in [3.8, 4) is 0 Å². The summed E-state index contributed by atoms with van der Waals surface area (Å²) in [6.07, 6.45) is 0.843. The third kappa shape index (κ3) is 3.19. The van der Waals surface area contributed by atoms with Crippen molar-refractivity contribution in [2.45, 2.75) is 24.6 Å². The zero-order chi connectivity index (χ0) is 9.95. The minimum absolute atomic E-state index is 0.0903. The highest BCUT2D eigenvalue weighted by Crippen LogP contribution is 2.36. The minimum Gasteiger partial charge on any atom is -0.380 e. The smallest absolute Gasteiger partial charge is 0.321 e. The first kappa shape index (κ1) is 10.9. The maximum absolute atomic E-state index is 12.3. The van der Waals surface area contributed by atoms with Crippen LogP contribution in [0.1, 0.15) is 19.3 Å². The van der Waals surface area contributed by atoms with Gasteiger partial charge in [0.15, 0.2) is 0 Å². The van der Waals surface area contributed by atoms with Gasteiger partial charge in [-0.05, 0) is 24.4 Å². The Hall–Kier alpha value is -0.220. The van der Waals surface area contributed by atoms with E-state index in [1.807, 2.05) is 0 Å². The van der Waals surface area contributed by atoms with Crippen LogP contribution in [0, 0.1) is 5.41 Å². The van der Waals surface area contributed by atoms with E-state index in [9.17, 15) is 13.6 Å². The van der Waals surface area contributed by atoms with Crippen LogP contribution in [-0.2, 0) is 9.53 Å². The maximum atomic E-state index is 12.3. The van der Waals surface area contributed by atoms with E-state index < -0.39 is 17.2 Å². The first-order valence-corrected chi connectivity index (χ1v) is 4.46. The number of rotatable bonds is 4. The van der Waals surface area contributed by atoms with Crippen molar-refractivity contribution in [2.75, 3.05) is 13.2 Å². The molecular formula is C8H11ClF2O2. The number of hydrogen-bond acceptors (Lipinski definition) is 2. The lowest BCUT2D eigenvalue weighted by atomic mass is 9.84. The Balaban J connectivity index is 2.45. The highest BCUT2D eigenvalue weighted by molar-refractivity contribution is 6.21. The van der Waals surface area contributed by atoms with Crippen molar-refractivity contribution in [3.05, 3.63) is 0 Å². The number of hydrogen-bond donors (Lipinski definition) is 0. The van der Waals surface area contributed by atoms with Crippen LogP contribution in [-0.4, -0.2) is 24.9 Å². The lowest BCUT2D eigenvalue weighted by molar-refractivity contribution is -0.117. The van der Waals surface area contributed by atoms with Gasteiger partial charge in [0.05, 0.1) is 12.0 Å². The van der Waals surface area contributed by atoms with Crippen LogP contribution in [0.2, 0.25) is 0 Å². The molecule has 0 amide bonds. The van der Waals surface area contributed by atoms with Gasteiger partial charge in [0, 0.05) is 13.0 Å². The molecule has 0 aliphatic carbocycles. The van der Waals surface area contributed by atoms with Crippen LogP contribution < -0.4 is 0 Å². The monoisotopic (exact) mass is 212 g/mol. The number of carbonyl (C=O) groups is 1. The van der Waals surface area contributed by atoms with Gasteiger partial charge in [0.2, 0.25) is 0 Å². The van der Waals surface area contributed by atoms with Gasteiger partial charge >= 0.3 is 5.38 Å². The van der Waals surface area contributed by atoms with Gasteiger partial charge in [0.1, 0.15) is 6.29 Å². The normalized spacial score (nSPS) is 29.2. The summed E-state index contributed by atoms with van der Waals surface area (Å²) in [5.41, 5.74) is -0.724. The van der Waals surface area contributed by atoms with E-state index >= 15 is 0 Å². The first-order valence-electron chi connectivity index (χ1n) is 4.08. The summed E-state index contributed by atoms with van der Waals surface area (Å²) in [4.78, 5) is 10.7. The Bertz CT molecular complexity index is 185. The average molecular weight is 213 g/mol. The number of carbonyl (C=O) groups excluding carboxylic acids is 1. The molecule has 2 nitrogen and oxygen atoms in total. The molecule has 0 bridgehead atoms. The van der Waals surface area contributed by atoms with E-state index in [-0.39, 0.29) is 13.0 Å². The Labute approximate surface area is 80.2 Å². The van der Waals surface area contributed by atoms with Crippen molar-refractivity contribution in [1.82, 2.24) is 0 Å². The molecule has 13 heavy (non-hydrogen) atoms. The van der Waals surface area contributed by atoms with E-state index in [4.69, 9.17) is 16.3 Å². The molecule has 1 aliphatic heterocycles. The van der Waals surface area contributed by atoms with Crippen LogP contribution in [0.5, 0.6) is 0 Å². The highest BCUT2D eigenvalue weighted by Gasteiger charge is 2.38. The summed E-state index contributed by atoms with van der Waals surface area (Å²) in [5.74, 6) is 0. The molecule has 1 rings (SSSR count). The predicted molar refractivity (Wildman–Crippen MR) is 44.0 cm³/mol. The zero-order valence-electron chi connectivity index (χ0n) is 7.06. The third-order valence-corrected chi connectivity index (χ3v) is 2.48. The SMILES string of the molecule is O=CC1(CCC(F)(F)Cl)CCOC1. The quantitative estimate of drug-likeness (QED) is 0.528. The summed E-state index contributed by atoms with van der Waals surface area (Å²) in [7, 11) is 0. The topological polar surface area (TPSA) is 26.3 Å². The van der Waals surface area contributed by atoms with Gasteiger partial charge in [-0.3, -0.25) is 0 Å². The van der Waals surface area contributed by atoms with Gasteiger partial charge in [0.25, 0.3) is 0 Å². The molecule has 0 aromatic carbocycles. The van der Waals surface area contributed by atoms with Gasteiger partial charge in [-0.15, -0.1) is 0 Å².